The molecular formula is C43H68O22. The SMILES string of the molecule is C=C1C[C@@]23CCC4C(C)(CCC[C@@]4(C)C(=O)O[C@@H]4O[C@H](CO)[C@@H](O)[C@H](O)[C@H]4O)C2CC[C@]1(O[C@@H]1O[C@H](CO)[C@@H](O)[C@H](O[C@@H]2O[C@H](CO)[C@@H](O)[C@H](O)[C@H]2O)[C@H]1O[C@@H]1OC[C@@H](O)[C@H](O)[C@H]1O)C3. The van der Waals surface area contributed by atoms with Gasteiger partial charge in [-0.05, 0) is 86.5 Å². The van der Waals surface area contributed by atoms with E-state index in [-0.39, 0.29) is 17.3 Å². The van der Waals surface area contributed by atoms with Crippen molar-refractivity contribution >= 4 is 5.97 Å². The molecule has 0 amide bonds. The number of fused-ring (bicyclic) bond motifs is 3. The predicted octanol–water partition coefficient (Wildman–Crippen LogP) is -4.47. The van der Waals surface area contributed by atoms with Crippen LogP contribution in [0.2, 0.25) is 0 Å². The Kier molecular flexibility index (Phi) is 14.3. The first kappa shape index (κ1) is 49.8. The van der Waals surface area contributed by atoms with Gasteiger partial charge in [-0.3, -0.25) is 4.79 Å². The van der Waals surface area contributed by atoms with Crippen molar-refractivity contribution in [1.29, 1.82) is 0 Å². The summed E-state index contributed by atoms with van der Waals surface area (Å²) in [5, 5.41) is 137. The highest BCUT2D eigenvalue weighted by molar-refractivity contribution is 5.77. The van der Waals surface area contributed by atoms with E-state index in [1.807, 2.05) is 6.92 Å². The molecule has 4 saturated carbocycles. The van der Waals surface area contributed by atoms with Gasteiger partial charge in [0.2, 0.25) is 6.29 Å². The van der Waals surface area contributed by atoms with Crippen LogP contribution in [0, 0.1) is 28.1 Å². The van der Waals surface area contributed by atoms with Crippen LogP contribution in [-0.4, -0.2) is 221 Å². The Bertz CT molecular complexity index is 1710. The molecule has 1 spiro atoms. The monoisotopic (exact) mass is 936 g/mol. The van der Waals surface area contributed by atoms with Crippen LogP contribution in [0.5, 0.6) is 0 Å². The maximum Gasteiger partial charge on any atom is 0.314 e. The second-order valence-corrected chi connectivity index (χ2v) is 20.4. The molecule has 13 N–H and O–H groups in total. The Labute approximate surface area is 375 Å². The summed E-state index contributed by atoms with van der Waals surface area (Å²) in [6.07, 6.45) is -26.1. The number of hydrogen-bond acceptors (Lipinski definition) is 22. The third-order valence-electron chi connectivity index (χ3n) is 16.7. The van der Waals surface area contributed by atoms with Crippen molar-refractivity contribution in [3.63, 3.8) is 0 Å². The van der Waals surface area contributed by atoms with Gasteiger partial charge in [-0.2, -0.15) is 0 Å². The summed E-state index contributed by atoms with van der Waals surface area (Å²) < 4.78 is 48.1. The zero-order valence-corrected chi connectivity index (χ0v) is 36.5. The molecule has 25 atom stereocenters. The Morgan fingerprint density at radius 2 is 1.18 bits per heavy atom. The predicted molar refractivity (Wildman–Crippen MR) is 213 cm³/mol. The molecule has 372 valence electrons. The van der Waals surface area contributed by atoms with E-state index in [0.29, 0.717) is 51.4 Å². The highest BCUT2D eigenvalue weighted by Gasteiger charge is 2.69. The van der Waals surface area contributed by atoms with Gasteiger partial charge in [0.1, 0.15) is 91.6 Å². The first-order valence-electron chi connectivity index (χ1n) is 22.8. The summed E-state index contributed by atoms with van der Waals surface area (Å²) in [5.41, 5.74) is -2.17. The molecule has 3 unspecified atom stereocenters. The number of aliphatic hydroxyl groups excluding tert-OH is 13. The van der Waals surface area contributed by atoms with Crippen molar-refractivity contribution in [3.05, 3.63) is 12.2 Å². The van der Waals surface area contributed by atoms with Gasteiger partial charge in [-0.25, -0.2) is 0 Å². The summed E-state index contributed by atoms with van der Waals surface area (Å²) in [4.78, 5) is 14.3. The van der Waals surface area contributed by atoms with Gasteiger partial charge in [-0.1, -0.05) is 19.9 Å². The van der Waals surface area contributed by atoms with E-state index in [1.165, 1.54) is 0 Å². The van der Waals surface area contributed by atoms with Crippen molar-refractivity contribution in [2.75, 3.05) is 26.4 Å². The Hall–Kier alpha value is -1.59. The van der Waals surface area contributed by atoms with Crippen LogP contribution in [0.4, 0.5) is 0 Å². The van der Waals surface area contributed by atoms with Crippen LogP contribution < -0.4 is 0 Å². The lowest BCUT2D eigenvalue weighted by molar-refractivity contribution is -0.395. The lowest BCUT2D eigenvalue weighted by Crippen LogP contribution is -2.67. The summed E-state index contributed by atoms with van der Waals surface area (Å²) in [7, 11) is 0. The summed E-state index contributed by atoms with van der Waals surface area (Å²) in [5.74, 6) is -0.744. The number of esters is 1. The van der Waals surface area contributed by atoms with Crippen molar-refractivity contribution in [2.24, 2.45) is 28.1 Å². The Morgan fingerprint density at radius 1 is 0.631 bits per heavy atom. The third-order valence-corrected chi connectivity index (χ3v) is 16.7. The van der Waals surface area contributed by atoms with E-state index < -0.39 is 166 Å². The van der Waals surface area contributed by atoms with Crippen LogP contribution >= 0.6 is 0 Å². The van der Waals surface area contributed by atoms with Crippen LogP contribution in [-0.2, 0) is 42.7 Å². The Morgan fingerprint density at radius 3 is 1.83 bits per heavy atom. The molecular weight excluding hydrogens is 868 g/mol. The molecule has 22 heteroatoms. The maximum absolute atomic E-state index is 14.3. The zero-order chi connectivity index (χ0) is 47.1. The highest BCUT2D eigenvalue weighted by Crippen LogP contribution is 2.73. The number of carbonyl (C=O) groups is 1. The summed E-state index contributed by atoms with van der Waals surface area (Å²) in [6.45, 7) is 5.86. The quantitative estimate of drug-likeness (QED) is 0.0528. The molecule has 65 heavy (non-hydrogen) atoms. The molecule has 2 bridgehead atoms. The molecule has 4 heterocycles. The fraction of sp³-hybridized carbons (Fsp3) is 0.930. The number of aliphatic hydroxyl groups is 13. The standard InChI is InChI=1S/C43H68O22/c1-17-11-42-9-5-22-40(2,7-4-8-41(22,3)39(57)64-37-32(56)29(53)26(50)20(13-45)60-37)23(42)6-10-43(17,16-42)65-38-34(63-35-30(54)24(48)18(47)15-58-35)33(27(51)21(14-46)61-38)62-36-31(55)28(52)25(49)19(12-44)59-36/h18-38,44-56H,1,4-16H2,2-3H3/t18-,19-,20-,21-,22?,23?,24+,25-,26-,27-,28+,29+,30-,31-,32-,33+,34-,35+,36+,37+,38+,40?,41-,42-,43+/m1/s1. The van der Waals surface area contributed by atoms with Gasteiger partial charge in [0.15, 0.2) is 18.9 Å². The fourth-order valence-electron chi connectivity index (χ4n) is 13.2. The second kappa shape index (κ2) is 18.6. The number of hydrogen-bond donors (Lipinski definition) is 13. The lowest BCUT2D eigenvalue weighted by atomic mass is 9.41. The van der Waals surface area contributed by atoms with Crippen LogP contribution in [0.15, 0.2) is 12.2 Å². The number of rotatable bonds is 11. The van der Waals surface area contributed by atoms with Crippen molar-refractivity contribution in [2.45, 2.75) is 194 Å². The highest BCUT2D eigenvalue weighted by atomic mass is 16.8. The average molecular weight is 937 g/mol. The van der Waals surface area contributed by atoms with Gasteiger partial charge in [0.25, 0.3) is 0 Å². The Balaban J connectivity index is 1.05. The van der Waals surface area contributed by atoms with Gasteiger partial charge in [0.05, 0.1) is 37.4 Å². The minimum absolute atomic E-state index is 0.0525. The molecule has 4 aliphatic carbocycles. The van der Waals surface area contributed by atoms with Crippen molar-refractivity contribution in [1.82, 2.24) is 0 Å². The van der Waals surface area contributed by atoms with E-state index in [2.05, 4.69) is 13.5 Å². The maximum atomic E-state index is 14.3. The minimum Gasteiger partial charge on any atom is -0.432 e. The van der Waals surface area contributed by atoms with E-state index in [1.54, 1.807) is 0 Å². The largest absolute Gasteiger partial charge is 0.432 e. The van der Waals surface area contributed by atoms with Crippen molar-refractivity contribution < 1.29 is 109 Å². The smallest absolute Gasteiger partial charge is 0.314 e. The van der Waals surface area contributed by atoms with Crippen molar-refractivity contribution in [3.8, 4) is 0 Å². The van der Waals surface area contributed by atoms with Gasteiger partial charge in [-0.15, -0.1) is 0 Å². The second-order valence-electron chi connectivity index (χ2n) is 20.4. The minimum atomic E-state index is -1.92. The summed E-state index contributed by atoms with van der Waals surface area (Å²) >= 11 is 0. The lowest BCUT2D eigenvalue weighted by Gasteiger charge is -2.64. The third kappa shape index (κ3) is 8.32. The molecule has 4 aliphatic heterocycles. The first-order valence-corrected chi connectivity index (χ1v) is 22.8. The molecule has 8 rings (SSSR count). The van der Waals surface area contributed by atoms with E-state index in [4.69, 9.17) is 37.9 Å². The summed E-state index contributed by atoms with van der Waals surface area (Å²) in [6, 6.07) is 0. The molecule has 8 aliphatic rings. The molecule has 0 radical (unpaired) electrons. The molecule has 8 fully saturated rings. The van der Waals surface area contributed by atoms with E-state index in [9.17, 15) is 71.2 Å². The normalized spacial score (nSPS) is 54.7. The molecule has 22 nitrogen and oxygen atoms in total. The number of carbonyl (C=O) groups excluding carboxylic acids is 1. The van der Waals surface area contributed by atoms with Crippen LogP contribution in [0.25, 0.3) is 0 Å². The van der Waals surface area contributed by atoms with Gasteiger partial charge < -0.3 is 104 Å². The average Bonchev–Trinajstić information content (AvgIpc) is 3.48. The zero-order valence-electron chi connectivity index (χ0n) is 36.5. The molecule has 0 aromatic carbocycles. The number of ether oxygens (including phenoxy) is 8. The van der Waals surface area contributed by atoms with Crippen LogP contribution in [0.3, 0.4) is 0 Å². The van der Waals surface area contributed by atoms with Gasteiger partial charge in [0, 0.05) is 0 Å². The first-order chi connectivity index (χ1) is 30.7. The van der Waals surface area contributed by atoms with E-state index in [0.717, 1.165) is 12.0 Å². The van der Waals surface area contributed by atoms with E-state index >= 15 is 0 Å². The molecule has 4 saturated heterocycles. The molecule has 0 aromatic heterocycles. The fourth-order valence-corrected chi connectivity index (χ4v) is 13.2. The topological polar surface area (TPSA) is 354 Å². The van der Waals surface area contributed by atoms with Crippen LogP contribution in [0.1, 0.15) is 71.6 Å². The molecule has 0 aromatic rings. The van der Waals surface area contributed by atoms with Gasteiger partial charge >= 0.3 is 5.97 Å².